The first-order chi connectivity index (χ1) is 15.8. The molecule has 6 nitrogen and oxygen atoms in total. The summed E-state index contributed by atoms with van der Waals surface area (Å²) >= 11 is 6.02. The van der Waals surface area contributed by atoms with Crippen molar-refractivity contribution in [3.05, 3.63) is 47.0 Å². The molecule has 184 valence electrons. The van der Waals surface area contributed by atoms with Crippen LogP contribution in [0, 0.1) is 5.82 Å². The molecule has 2 N–H and O–H groups in total. The molecule has 2 amide bonds. The lowest BCUT2D eigenvalue weighted by Gasteiger charge is -2.21. The van der Waals surface area contributed by atoms with E-state index in [1.54, 1.807) is 5.32 Å². The van der Waals surface area contributed by atoms with Crippen LogP contribution in [0.15, 0.2) is 30.5 Å². The lowest BCUT2D eigenvalue weighted by molar-refractivity contribution is -0.175. The van der Waals surface area contributed by atoms with Crippen molar-refractivity contribution in [2.24, 2.45) is 0 Å². The topological polar surface area (TPSA) is 80.3 Å². The summed E-state index contributed by atoms with van der Waals surface area (Å²) < 4.78 is 82.5. The number of nitrogens with one attached hydrogen (secondary N) is 2. The van der Waals surface area contributed by atoms with E-state index in [0.29, 0.717) is 0 Å². The van der Waals surface area contributed by atoms with Gasteiger partial charge in [-0.1, -0.05) is 23.7 Å². The number of aromatic nitrogens is 1. The van der Waals surface area contributed by atoms with E-state index in [2.05, 4.69) is 10.3 Å². The Hall–Kier alpha value is -3.02. The van der Waals surface area contributed by atoms with E-state index in [-0.39, 0.29) is 40.4 Å². The number of rotatable bonds is 8. The highest BCUT2D eigenvalue weighted by Gasteiger charge is 2.55. The Morgan fingerprint density at radius 3 is 2.50 bits per heavy atom. The molecule has 13 heteroatoms. The summed E-state index contributed by atoms with van der Waals surface area (Å²) in [5.74, 6) is -4.11. The monoisotopic (exact) mass is 509 g/mol. The number of benzene rings is 1. The number of amides is 2. The largest absolute Gasteiger partial charge is 0.485 e. The van der Waals surface area contributed by atoms with Crippen molar-refractivity contribution in [1.29, 1.82) is 0 Å². The van der Waals surface area contributed by atoms with Crippen LogP contribution in [0.4, 0.5) is 26.3 Å². The van der Waals surface area contributed by atoms with Crippen molar-refractivity contribution in [2.45, 2.75) is 43.9 Å². The first kappa shape index (κ1) is 25.6. The average molecular weight is 510 g/mol. The molecule has 1 aliphatic carbocycles. The van der Waals surface area contributed by atoms with Crippen molar-refractivity contribution < 1.29 is 40.7 Å². The number of hydrogen-bond acceptors (Lipinski definition) is 4. The molecule has 0 bridgehead atoms. The zero-order valence-electron chi connectivity index (χ0n) is 17.5. The van der Waals surface area contributed by atoms with E-state index < -0.39 is 48.4 Å². The van der Waals surface area contributed by atoms with Crippen LogP contribution in [0.1, 0.15) is 31.5 Å². The second-order valence-electron chi connectivity index (χ2n) is 7.64. The zero-order chi connectivity index (χ0) is 25.3. The molecule has 1 saturated carbocycles. The van der Waals surface area contributed by atoms with Gasteiger partial charge in [0.2, 0.25) is 5.91 Å². The summed E-state index contributed by atoms with van der Waals surface area (Å²) in [5.41, 5.74) is -1.58. The standard InChI is InChI=1S/C21H18ClF6N3O3/c1-10(30-18(32)20(5-6-20)31-19(33)21(26,27)28)16-14(23)7-11(8-29-16)12-3-2-4-13(22)17(12)34-9-15(24)25/h2-4,7-8,10,15H,5-6,9H2,1H3,(H,30,32)(H,31,33)/t10-/m1/s1. The van der Waals surface area contributed by atoms with Crippen LogP contribution in [-0.4, -0.2) is 41.5 Å². The second kappa shape index (κ2) is 9.69. The molecule has 1 atom stereocenters. The van der Waals surface area contributed by atoms with Gasteiger partial charge in [-0.25, -0.2) is 13.2 Å². The maximum Gasteiger partial charge on any atom is 0.471 e. The van der Waals surface area contributed by atoms with Crippen LogP contribution in [0.25, 0.3) is 11.1 Å². The summed E-state index contributed by atoms with van der Waals surface area (Å²) in [6.07, 6.45) is -6.71. The van der Waals surface area contributed by atoms with Gasteiger partial charge in [-0.05, 0) is 31.9 Å². The van der Waals surface area contributed by atoms with Gasteiger partial charge < -0.3 is 15.4 Å². The number of carbonyl (C=O) groups excluding carboxylic acids is 2. The normalized spacial score (nSPS) is 15.6. The Bertz CT molecular complexity index is 1090. The molecule has 1 heterocycles. The minimum Gasteiger partial charge on any atom is -0.485 e. The van der Waals surface area contributed by atoms with Crippen molar-refractivity contribution in [3.63, 3.8) is 0 Å². The summed E-state index contributed by atoms with van der Waals surface area (Å²) in [6, 6.07) is 4.35. The molecule has 1 fully saturated rings. The summed E-state index contributed by atoms with van der Waals surface area (Å²) in [5, 5.41) is 4.05. The van der Waals surface area contributed by atoms with Gasteiger partial charge in [0.1, 0.15) is 23.7 Å². The van der Waals surface area contributed by atoms with Crippen LogP contribution >= 0.6 is 11.6 Å². The molecule has 3 rings (SSSR count). The van der Waals surface area contributed by atoms with E-state index >= 15 is 0 Å². The number of pyridine rings is 1. The second-order valence-corrected chi connectivity index (χ2v) is 8.05. The Morgan fingerprint density at radius 1 is 1.26 bits per heavy atom. The molecule has 0 unspecified atom stereocenters. The molecule has 34 heavy (non-hydrogen) atoms. The molecule has 0 spiro atoms. The Morgan fingerprint density at radius 2 is 1.94 bits per heavy atom. The van der Waals surface area contributed by atoms with E-state index in [1.807, 2.05) is 0 Å². The number of ether oxygens (including phenoxy) is 1. The minimum absolute atomic E-state index is 0.00160. The lowest BCUT2D eigenvalue weighted by atomic mass is 10.0. The lowest BCUT2D eigenvalue weighted by Crippen LogP contribution is -2.53. The number of nitrogens with zero attached hydrogens (tertiary/aromatic N) is 1. The first-order valence-corrected chi connectivity index (χ1v) is 10.3. The number of hydrogen-bond donors (Lipinski definition) is 2. The van der Waals surface area contributed by atoms with E-state index in [4.69, 9.17) is 16.3 Å². The fraction of sp³-hybridized carbons (Fsp3) is 0.381. The number of carbonyl (C=O) groups is 2. The predicted octanol–water partition coefficient (Wildman–Crippen LogP) is 4.57. The van der Waals surface area contributed by atoms with Crippen molar-refractivity contribution >= 4 is 23.4 Å². The van der Waals surface area contributed by atoms with Crippen LogP contribution in [-0.2, 0) is 9.59 Å². The van der Waals surface area contributed by atoms with Crippen molar-refractivity contribution in [3.8, 4) is 16.9 Å². The van der Waals surface area contributed by atoms with Gasteiger partial charge in [0.25, 0.3) is 6.43 Å². The van der Waals surface area contributed by atoms with Crippen molar-refractivity contribution in [2.75, 3.05) is 6.61 Å². The summed E-state index contributed by atoms with van der Waals surface area (Å²) in [6.45, 7) is 0.432. The van der Waals surface area contributed by atoms with E-state index in [1.165, 1.54) is 31.3 Å². The molecular formula is C21H18ClF6N3O3. The van der Waals surface area contributed by atoms with Gasteiger partial charge >= 0.3 is 12.1 Å². The third-order valence-corrected chi connectivity index (χ3v) is 5.35. The smallest absolute Gasteiger partial charge is 0.471 e. The number of para-hydroxylation sites is 1. The molecule has 1 aromatic heterocycles. The van der Waals surface area contributed by atoms with E-state index in [0.717, 1.165) is 6.07 Å². The molecule has 0 saturated heterocycles. The fourth-order valence-electron chi connectivity index (χ4n) is 3.17. The van der Waals surface area contributed by atoms with Gasteiger partial charge in [-0.2, -0.15) is 13.2 Å². The van der Waals surface area contributed by atoms with Crippen LogP contribution < -0.4 is 15.4 Å². The average Bonchev–Trinajstić information content (AvgIpc) is 3.52. The van der Waals surface area contributed by atoms with Crippen LogP contribution in [0.3, 0.4) is 0 Å². The first-order valence-electron chi connectivity index (χ1n) is 9.89. The van der Waals surface area contributed by atoms with Crippen LogP contribution in [0.2, 0.25) is 5.02 Å². The molecule has 1 aromatic carbocycles. The van der Waals surface area contributed by atoms with Gasteiger partial charge in [0, 0.05) is 17.3 Å². The summed E-state index contributed by atoms with van der Waals surface area (Å²) in [4.78, 5) is 27.6. The molecular weight excluding hydrogens is 492 g/mol. The van der Waals surface area contributed by atoms with Gasteiger partial charge in [-0.3, -0.25) is 14.6 Å². The highest BCUT2D eigenvalue weighted by Crippen LogP contribution is 2.38. The molecule has 0 aliphatic heterocycles. The third kappa shape index (κ3) is 5.72. The number of alkyl halides is 5. The summed E-state index contributed by atoms with van der Waals surface area (Å²) in [7, 11) is 0. The maximum absolute atomic E-state index is 14.8. The van der Waals surface area contributed by atoms with E-state index in [9.17, 15) is 35.9 Å². The fourth-order valence-corrected chi connectivity index (χ4v) is 3.40. The third-order valence-electron chi connectivity index (χ3n) is 5.05. The molecule has 1 aliphatic rings. The van der Waals surface area contributed by atoms with Crippen LogP contribution in [0.5, 0.6) is 5.75 Å². The highest BCUT2D eigenvalue weighted by atomic mass is 35.5. The SMILES string of the molecule is C[C@@H](NC(=O)C1(NC(=O)C(F)(F)F)CC1)c1ncc(-c2cccc(Cl)c2OCC(F)F)cc1F. The molecule has 2 aromatic rings. The quantitative estimate of drug-likeness (QED) is 0.511. The predicted molar refractivity (Wildman–Crippen MR) is 109 cm³/mol. The Labute approximate surface area is 194 Å². The minimum atomic E-state index is -5.15. The highest BCUT2D eigenvalue weighted by molar-refractivity contribution is 6.32. The Kier molecular flexibility index (Phi) is 7.29. The van der Waals surface area contributed by atoms with Gasteiger partial charge in [0.05, 0.1) is 16.8 Å². The maximum atomic E-state index is 14.8. The van der Waals surface area contributed by atoms with Crippen molar-refractivity contribution in [1.82, 2.24) is 15.6 Å². The Balaban J connectivity index is 1.77. The van der Waals surface area contributed by atoms with Gasteiger partial charge in [-0.15, -0.1) is 0 Å². The van der Waals surface area contributed by atoms with Gasteiger partial charge in [0.15, 0.2) is 0 Å². The number of halogens is 7. The zero-order valence-corrected chi connectivity index (χ0v) is 18.2. The molecule has 0 radical (unpaired) electrons.